The summed E-state index contributed by atoms with van der Waals surface area (Å²) in [6.45, 7) is 4.24. The number of hydrogen-bond donors (Lipinski definition) is 2. The first-order valence-corrected chi connectivity index (χ1v) is 11.2. The number of carbonyl (C=O) groups is 2. The first-order valence-electron chi connectivity index (χ1n) is 10.4. The third-order valence-corrected chi connectivity index (χ3v) is 6.16. The van der Waals surface area contributed by atoms with Crippen LogP contribution in [0.25, 0.3) is 27.7 Å². The predicted molar refractivity (Wildman–Crippen MR) is 126 cm³/mol. The van der Waals surface area contributed by atoms with E-state index in [2.05, 4.69) is 15.2 Å². The van der Waals surface area contributed by atoms with Gasteiger partial charge in [-0.15, -0.1) is 11.3 Å². The lowest BCUT2D eigenvalue weighted by Gasteiger charge is -2.28. The van der Waals surface area contributed by atoms with Crippen LogP contribution in [-0.2, 0) is 14.3 Å². The molecule has 4 heterocycles. The van der Waals surface area contributed by atoms with Crippen LogP contribution >= 0.6 is 11.3 Å². The number of ether oxygens (including phenoxy) is 2. The summed E-state index contributed by atoms with van der Waals surface area (Å²) in [6, 6.07) is 4.80. The van der Waals surface area contributed by atoms with Crippen molar-refractivity contribution in [2.45, 2.75) is 13.0 Å². The normalized spacial score (nSPS) is 15.0. The number of amides is 2. The van der Waals surface area contributed by atoms with Crippen LogP contribution in [0.5, 0.6) is 5.88 Å². The topological polar surface area (TPSA) is 133 Å². The van der Waals surface area contributed by atoms with Crippen molar-refractivity contribution in [2.24, 2.45) is 5.73 Å². The summed E-state index contributed by atoms with van der Waals surface area (Å²) >= 11 is 1.49. The van der Waals surface area contributed by atoms with E-state index in [4.69, 9.17) is 25.2 Å². The molecule has 33 heavy (non-hydrogen) atoms. The number of morpholine rings is 1. The van der Waals surface area contributed by atoms with Gasteiger partial charge in [0.1, 0.15) is 6.04 Å². The lowest BCUT2D eigenvalue weighted by molar-refractivity contribution is -0.124. The van der Waals surface area contributed by atoms with Gasteiger partial charge in [0.25, 0.3) is 0 Å². The lowest BCUT2D eigenvalue weighted by Crippen LogP contribution is -2.41. The maximum atomic E-state index is 12.1. The lowest BCUT2D eigenvalue weighted by atomic mass is 10.2. The number of nitrogens with one attached hydrogen (secondary N) is 1. The van der Waals surface area contributed by atoms with Crippen molar-refractivity contribution >= 4 is 45.3 Å². The number of anilines is 1. The number of carbonyl (C=O) groups excluding carboxylic acids is 2. The largest absolute Gasteiger partial charge is 0.481 e. The zero-order valence-corrected chi connectivity index (χ0v) is 19.1. The van der Waals surface area contributed by atoms with Crippen LogP contribution < -0.4 is 20.7 Å². The summed E-state index contributed by atoms with van der Waals surface area (Å²) < 4.78 is 11.6. The summed E-state index contributed by atoms with van der Waals surface area (Å²) in [6.07, 6.45) is 4.74. The Morgan fingerprint density at radius 3 is 2.76 bits per heavy atom. The van der Waals surface area contributed by atoms with Crippen LogP contribution in [-0.4, -0.2) is 66.2 Å². The fourth-order valence-corrected chi connectivity index (χ4v) is 4.28. The highest BCUT2D eigenvalue weighted by Crippen LogP contribution is 2.35. The second-order valence-electron chi connectivity index (χ2n) is 7.39. The number of hydrogen-bond acceptors (Lipinski definition) is 9. The SMILES string of the molecule is COc1ccc(-c2nc(N3CCOCC3)c3sc(/C=C/C(=O)NC(C)C(N)=O)cc3n2)cn1. The van der Waals surface area contributed by atoms with Crippen molar-refractivity contribution in [1.82, 2.24) is 20.3 Å². The van der Waals surface area contributed by atoms with Gasteiger partial charge in [-0.1, -0.05) is 0 Å². The summed E-state index contributed by atoms with van der Waals surface area (Å²) in [5, 5.41) is 2.52. The molecule has 172 valence electrons. The summed E-state index contributed by atoms with van der Waals surface area (Å²) in [5.41, 5.74) is 6.74. The van der Waals surface area contributed by atoms with Crippen molar-refractivity contribution < 1.29 is 19.1 Å². The maximum absolute atomic E-state index is 12.1. The van der Waals surface area contributed by atoms with Crippen LogP contribution in [0.15, 0.2) is 30.5 Å². The first-order chi connectivity index (χ1) is 15.9. The van der Waals surface area contributed by atoms with Gasteiger partial charge in [-0.05, 0) is 25.1 Å². The van der Waals surface area contributed by atoms with Gasteiger partial charge in [-0.3, -0.25) is 9.59 Å². The molecule has 0 spiro atoms. The van der Waals surface area contributed by atoms with E-state index in [0.29, 0.717) is 24.9 Å². The minimum Gasteiger partial charge on any atom is -0.481 e. The summed E-state index contributed by atoms with van der Waals surface area (Å²) in [4.78, 5) is 40.1. The molecule has 1 unspecified atom stereocenters. The minimum atomic E-state index is -0.746. The first kappa shape index (κ1) is 22.6. The molecular weight excluding hydrogens is 444 g/mol. The Morgan fingerprint density at radius 2 is 2.09 bits per heavy atom. The number of pyridine rings is 1. The van der Waals surface area contributed by atoms with Gasteiger partial charge in [0.05, 0.1) is 30.5 Å². The van der Waals surface area contributed by atoms with E-state index in [1.54, 1.807) is 25.4 Å². The number of fused-ring (bicyclic) bond motifs is 1. The van der Waals surface area contributed by atoms with E-state index in [9.17, 15) is 9.59 Å². The van der Waals surface area contributed by atoms with E-state index in [0.717, 1.165) is 39.6 Å². The number of methoxy groups -OCH3 is 1. The molecule has 1 saturated heterocycles. The second kappa shape index (κ2) is 9.92. The standard InChI is InChI=1S/C22H24N6O4S/c1-13(20(23)30)25-17(29)5-4-15-11-16-19(33-15)22(28-7-9-32-10-8-28)27-21(26-16)14-3-6-18(31-2)24-12-14/h3-6,11-13H,7-10H2,1-2H3,(H2,23,30)(H,25,29)/b5-4+. The Kier molecular flexibility index (Phi) is 6.80. The third-order valence-electron chi connectivity index (χ3n) is 5.07. The molecular formula is C22H24N6O4S. The van der Waals surface area contributed by atoms with Gasteiger partial charge in [-0.2, -0.15) is 0 Å². The third kappa shape index (κ3) is 5.26. The molecule has 3 aromatic rings. The molecule has 3 N–H and O–H groups in total. The highest BCUT2D eigenvalue weighted by atomic mass is 32.1. The fraction of sp³-hybridized carbons (Fsp3) is 0.318. The van der Waals surface area contributed by atoms with Gasteiger partial charge in [0, 0.05) is 41.9 Å². The molecule has 0 bridgehead atoms. The molecule has 0 radical (unpaired) electrons. The molecule has 1 fully saturated rings. The van der Waals surface area contributed by atoms with Crippen molar-refractivity contribution in [3.8, 4) is 17.3 Å². The predicted octanol–water partition coefficient (Wildman–Crippen LogP) is 1.60. The Hall–Kier alpha value is -3.57. The van der Waals surface area contributed by atoms with Crippen molar-refractivity contribution in [1.29, 1.82) is 0 Å². The molecule has 3 aromatic heterocycles. The molecule has 2 amide bonds. The van der Waals surface area contributed by atoms with Crippen LogP contribution in [0, 0.1) is 0 Å². The number of thiophene rings is 1. The van der Waals surface area contributed by atoms with E-state index in [1.165, 1.54) is 24.3 Å². The smallest absolute Gasteiger partial charge is 0.244 e. The van der Waals surface area contributed by atoms with E-state index >= 15 is 0 Å². The molecule has 10 nitrogen and oxygen atoms in total. The maximum Gasteiger partial charge on any atom is 0.244 e. The van der Waals surface area contributed by atoms with Crippen LogP contribution in [0.4, 0.5) is 5.82 Å². The van der Waals surface area contributed by atoms with Crippen LogP contribution in [0.2, 0.25) is 0 Å². The summed E-state index contributed by atoms with van der Waals surface area (Å²) in [5.74, 6) is 0.902. The zero-order valence-electron chi connectivity index (χ0n) is 18.3. The number of nitrogens with zero attached hydrogens (tertiary/aromatic N) is 4. The van der Waals surface area contributed by atoms with Gasteiger partial charge in [0.15, 0.2) is 11.6 Å². The quantitative estimate of drug-likeness (QED) is 0.500. The fourth-order valence-electron chi connectivity index (χ4n) is 3.26. The number of aromatic nitrogens is 3. The van der Waals surface area contributed by atoms with Gasteiger partial charge in [-0.25, -0.2) is 15.0 Å². The van der Waals surface area contributed by atoms with Crippen molar-refractivity contribution in [3.05, 3.63) is 35.3 Å². The average Bonchev–Trinajstić information content (AvgIpc) is 3.25. The number of primary amides is 1. The molecule has 0 aromatic carbocycles. The number of rotatable bonds is 7. The minimum absolute atomic E-state index is 0.400. The average molecular weight is 469 g/mol. The second-order valence-corrected chi connectivity index (χ2v) is 8.47. The van der Waals surface area contributed by atoms with Gasteiger partial charge < -0.3 is 25.4 Å². The Balaban J connectivity index is 1.69. The van der Waals surface area contributed by atoms with E-state index in [1.807, 2.05) is 12.1 Å². The van der Waals surface area contributed by atoms with Crippen molar-refractivity contribution in [3.63, 3.8) is 0 Å². The van der Waals surface area contributed by atoms with Crippen molar-refractivity contribution in [2.75, 3.05) is 38.3 Å². The van der Waals surface area contributed by atoms with Crippen LogP contribution in [0.3, 0.4) is 0 Å². The molecule has 0 aliphatic carbocycles. The highest BCUT2D eigenvalue weighted by molar-refractivity contribution is 7.20. The zero-order chi connectivity index (χ0) is 23.4. The van der Waals surface area contributed by atoms with Crippen LogP contribution in [0.1, 0.15) is 11.8 Å². The number of nitrogens with two attached hydrogens (primary N) is 1. The van der Waals surface area contributed by atoms with E-state index < -0.39 is 17.9 Å². The Labute approximate surface area is 194 Å². The Bertz CT molecular complexity index is 1190. The van der Waals surface area contributed by atoms with Gasteiger partial charge in [0.2, 0.25) is 17.7 Å². The Morgan fingerprint density at radius 1 is 1.30 bits per heavy atom. The highest BCUT2D eigenvalue weighted by Gasteiger charge is 2.20. The molecule has 1 aliphatic rings. The summed E-state index contributed by atoms with van der Waals surface area (Å²) in [7, 11) is 1.57. The molecule has 11 heteroatoms. The molecule has 4 rings (SSSR count). The van der Waals surface area contributed by atoms with Gasteiger partial charge >= 0.3 is 0 Å². The monoisotopic (exact) mass is 468 g/mol. The molecule has 0 saturated carbocycles. The molecule has 1 atom stereocenters. The van der Waals surface area contributed by atoms with E-state index in [-0.39, 0.29) is 0 Å². The molecule has 1 aliphatic heterocycles.